The molecule has 1 fully saturated rings. The molecule has 0 bridgehead atoms. The van der Waals surface area contributed by atoms with Crippen molar-refractivity contribution in [3.8, 4) is 0 Å². The molecule has 1 amide bonds. The van der Waals surface area contributed by atoms with Gasteiger partial charge in [-0.15, -0.1) is 0 Å². The second-order valence-corrected chi connectivity index (χ2v) is 4.78. The number of carbonyl (C=O) groups excluding carboxylic acids is 1. The van der Waals surface area contributed by atoms with Crippen LogP contribution in [0.2, 0.25) is 0 Å². The van der Waals surface area contributed by atoms with E-state index in [-0.39, 0.29) is 17.9 Å². The van der Waals surface area contributed by atoms with Crippen molar-refractivity contribution in [2.75, 3.05) is 7.05 Å². The van der Waals surface area contributed by atoms with Crippen molar-refractivity contribution in [1.82, 2.24) is 10.3 Å². The van der Waals surface area contributed by atoms with Gasteiger partial charge in [-0.3, -0.25) is 15.1 Å². The van der Waals surface area contributed by atoms with E-state index in [4.69, 9.17) is 5.84 Å². The normalized spacial score (nSPS) is 22.3. The highest BCUT2D eigenvalue weighted by molar-refractivity contribution is 5.78. The molecule has 0 spiro atoms. The first-order chi connectivity index (χ1) is 6.99. The zero-order valence-electron chi connectivity index (χ0n) is 10.2. The van der Waals surface area contributed by atoms with Crippen molar-refractivity contribution in [3.05, 3.63) is 0 Å². The van der Waals surface area contributed by atoms with Crippen LogP contribution in [0.15, 0.2) is 0 Å². The van der Waals surface area contributed by atoms with E-state index in [1.54, 1.807) is 0 Å². The van der Waals surface area contributed by atoms with Crippen LogP contribution in [-0.4, -0.2) is 29.9 Å². The topological polar surface area (TPSA) is 58.4 Å². The molecule has 0 radical (unpaired) electrons. The Kier molecular flexibility index (Phi) is 4.11. The van der Waals surface area contributed by atoms with E-state index in [0.29, 0.717) is 6.04 Å². The first-order valence-electron chi connectivity index (χ1n) is 5.71. The highest BCUT2D eigenvalue weighted by atomic mass is 16.2. The predicted molar refractivity (Wildman–Crippen MR) is 60.9 cm³/mol. The highest BCUT2D eigenvalue weighted by Gasteiger charge is 2.34. The van der Waals surface area contributed by atoms with Crippen LogP contribution < -0.4 is 11.3 Å². The molecule has 4 nitrogen and oxygen atoms in total. The van der Waals surface area contributed by atoms with Gasteiger partial charge >= 0.3 is 0 Å². The van der Waals surface area contributed by atoms with E-state index in [2.05, 4.69) is 31.2 Å². The molecular formula is C11H23N3O. The Morgan fingerprint density at radius 1 is 1.40 bits per heavy atom. The molecule has 1 rings (SSSR count). The van der Waals surface area contributed by atoms with Crippen molar-refractivity contribution in [3.63, 3.8) is 0 Å². The molecule has 1 aliphatic rings. The quantitative estimate of drug-likeness (QED) is 0.402. The van der Waals surface area contributed by atoms with Crippen molar-refractivity contribution in [2.45, 2.75) is 45.7 Å². The van der Waals surface area contributed by atoms with Gasteiger partial charge in [0, 0.05) is 12.1 Å². The number of rotatable bonds is 5. The second-order valence-electron chi connectivity index (χ2n) is 4.78. The van der Waals surface area contributed by atoms with Gasteiger partial charge in [0.15, 0.2) is 0 Å². The molecule has 0 aromatic heterocycles. The predicted octanol–water partition coefficient (Wildman–Crippen LogP) is 0.731. The Labute approximate surface area is 92.2 Å². The number of hydrogen-bond acceptors (Lipinski definition) is 3. The molecule has 0 heterocycles. The SMILES string of the molecule is CC(C(=O)NN)C(C)N(C)C(C)C1CC1. The van der Waals surface area contributed by atoms with Crippen molar-refractivity contribution < 1.29 is 4.79 Å². The van der Waals surface area contributed by atoms with Gasteiger partial charge in [-0.1, -0.05) is 6.92 Å². The molecule has 1 aliphatic carbocycles. The Bertz CT molecular complexity index is 228. The fourth-order valence-corrected chi connectivity index (χ4v) is 1.99. The maximum atomic E-state index is 11.4. The van der Waals surface area contributed by atoms with Crippen molar-refractivity contribution in [1.29, 1.82) is 0 Å². The van der Waals surface area contributed by atoms with Gasteiger partial charge in [-0.2, -0.15) is 0 Å². The number of amides is 1. The molecular weight excluding hydrogens is 190 g/mol. The average Bonchev–Trinajstić information content (AvgIpc) is 3.07. The third-order valence-corrected chi connectivity index (χ3v) is 3.87. The molecule has 0 aromatic carbocycles. The summed E-state index contributed by atoms with van der Waals surface area (Å²) in [6.07, 6.45) is 2.66. The molecule has 0 saturated heterocycles. The zero-order chi connectivity index (χ0) is 11.6. The number of nitrogens with two attached hydrogens (primary N) is 1. The fraction of sp³-hybridized carbons (Fsp3) is 0.909. The van der Waals surface area contributed by atoms with Gasteiger partial charge in [-0.25, -0.2) is 5.84 Å². The van der Waals surface area contributed by atoms with Crippen LogP contribution >= 0.6 is 0 Å². The lowest BCUT2D eigenvalue weighted by Crippen LogP contribution is -2.47. The van der Waals surface area contributed by atoms with Crippen LogP contribution in [0, 0.1) is 11.8 Å². The van der Waals surface area contributed by atoms with Crippen LogP contribution in [0.4, 0.5) is 0 Å². The average molecular weight is 213 g/mol. The third-order valence-electron chi connectivity index (χ3n) is 3.87. The molecule has 3 N–H and O–H groups in total. The largest absolute Gasteiger partial charge is 0.300 e. The molecule has 0 aromatic rings. The fourth-order valence-electron chi connectivity index (χ4n) is 1.99. The minimum absolute atomic E-state index is 0.0683. The highest BCUT2D eigenvalue weighted by Crippen LogP contribution is 2.35. The van der Waals surface area contributed by atoms with Gasteiger partial charge in [-0.05, 0) is 39.7 Å². The van der Waals surface area contributed by atoms with Crippen LogP contribution in [0.1, 0.15) is 33.6 Å². The first kappa shape index (κ1) is 12.5. The summed E-state index contributed by atoms with van der Waals surface area (Å²) < 4.78 is 0. The molecule has 0 aliphatic heterocycles. The molecule has 88 valence electrons. The molecule has 3 unspecified atom stereocenters. The summed E-state index contributed by atoms with van der Waals surface area (Å²) in [5, 5.41) is 0. The minimum atomic E-state index is -0.0858. The van der Waals surface area contributed by atoms with Gasteiger partial charge in [0.1, 0.15) is 0 Å². The summed E-state index contributed by atoms with van der Waals surface area (Å²) in [4.78, 5) is 13.7. The van der Waals surface area contributed by atoms with Crippen LogP contribution in [0.3, 0.4) is 0 Å². The van der Waals surface area contributed by atoms with Crippen molar-refractivity contribution >= 4 is 5.91 Å². The van der Waals surface area contributed by atoms with E-state index in [1.807, 2.05) is 6.92 Å². The van der Waals surface area contributed by atoms with Gasteiger partial charge in [0.2, 0.25) is 5.91 Å². The Morgan fingerprint density at radius 3 is 2.33 bits per heavy atom. The van der Waals surface area contributed by atoms with Gasteiger partial charge in [0.25, 0.3) is 0 Å². The lowest BCUT2D eigenvalue weighted by atomic mass is 9.99. The molecule has 15 heavy (non-hydrogen) atoms. The summed E-state index contributed by atoms with van der Waals surface area (Å²) in [5.74, 6) is 5.81. The zero-order valence-corrected chi connectivity index (χ0v) is 10.2. The Morgan fingerprint density at radius 2 is 1.93 bits per heavy atom. The van der Waals surface area contributed by atoms with Crippen LogP contribution in [-0.2, 0) is 4.79 Å². The lowest BCUT2D eigenvalue weighted by molar-refractivity contribution is -0.126. The minimum Gasteiger partial charge on any atom is -0.300 e. The van der Waals surface area contributed by atoms with E-state index >= 15 is 0 Å². The summed E-state index contributed by atoms with van der Waals surface area (Å²) in [6.45, 7) is 6.24. The number of hydrogen-bond donors (Lipinski definition) is 2. The van der Waals surface area contributed by atoms with Crippen LogP contribution in [0.25, 0.3) is 0 Å². The van der Waals surface area contributed by atoms with Gasteiger partial charge < -0.3 is 0 Å². The molecule has 4 heteroatoms. The number of nitrogens with one attached hydrogen (secondary N) is 1. The standard InChI is InChI=1S/C11H23N3O/c1-7(11(15)13-12)8(2)14(4)9(3)10-5-6-10/h7-10H,5-6,12H2,1-4H3,(H,13,15). The summed E-state index contributed by atoms with van der Waals surface area (Å²) in [5.41, 5.74) is 2.22. The number of carbonyl (C=O) groups is 1. The second kappa shape index (κ2) is 4.94. The summed E-state index contributed by atoms with van der Waals surface area (Å²) in [7, 11) is 2.09. The third kappa shape index (κ3) is 2.92. The smallest absolute Gasteiger partial charge is 0.238 e. The number of hydrazine groups is 1. The Hall–Kier alpha value is -0.610. The van der Waals surface area contributed by atoms with E-state index in [0.717, 1.165) is 5.92 Å². The molecule has 1 saturated carbocycles. The van der Waals surface area contributed by atoms with Crippen molar-refractivity contribution in [2.24, 2.45) is 17.7 Å². The Balaban J connectivity index is 2.50. The lowest BCUT2D eigenvalue weighted by Gasteiger charge is -2.33. The summed E-state index contributed by atoms with van der Waals surface area (Å²) in [6, 6.07) is 0.789. The maximum absolute atomic E-state index is 11.4. The monoisotopic (exact) mass is 213 g/mol. The van der Waals surface area contributed by atoms with E-state index < -0.39 is 0 Å². The van der Waals surface area contributed by atoms with Crippen LogP contribution in [0.5, 0.6) is 0 Å². The first-order valence-corrected chi connectivity index (χ1v) is 5.71. The van der Waals surface area contributed by atoms with E-state index in [1.165, 1.54) is 12.8 Å². The maximum Gasteiger partial charge on any atom is 0.238 e. The number of nitrogens with zero attached hydrogens (tertiary/aromatic N) is 1. The summed E-state index contributed by atoms with van der Waals surface area (Å²) >= 11 is 0. The van der Waals surface area contributed by atoms with Gasteiger partial charge in [0.05, 0.1) is 5.92 Å². The molecule has 3 atom stereocenters. The van der Waals surface area contributed by atoms with E-state index in [9.17, 15) is 4.79 Å².